The van der Waals surface area contributed by atoms with Crippen molar-refractivity contribution < 1.29 is 0 Å². The number of allylic oxidation sites excluding steroid dienone is 5. The summed E-state index contributed by atoms with van der Waals surface area (Å²) in [5.74, 6) is 0.844. The molecule has 0 amide bonds. The molecule has 6 aromatic carbocycles. The normalized spacial score (nSPS) is 15.3. The van der Waals surface area contributed by atoms with Crippen molar-refractivity contribution in [2.75, 3.05) is 5.73 Å². The van der Waals surface area contributed by atoms with E-state index in [4.69, 9.17) is 10.7 Å². The molecule has 11 rings (SSSR count). The molecule has 1 radical (unpaired) electrons. The summed E-state index contributed by atoms with van der Waals surface area (Å²) in [6, 6.07) is 54.3. The fraction of sp³-hybridized carbons (Fsp3) is 0.0385. The van der Waals surface area contributed by atoms with Gasteiger partial charge in [-0.25, -0.2) is 4.98 Å². The van der Waals surface area contributed by atoms with Gasteiger partial charge < -0.3 is 10.3 Å². The second-order valence-electron chi connectivity index (χ2n) is 14.9. The Kier molecular flexibility index (Phi) is 7.80. The number of nitrogen functional groups attached to an aromatic ring is 1. The van der Waals surface area contributed by atoms with E-state index < -0.39 is 0 Å². The lowest BCUT2D eigenvalue weighted by Crippen LogP contribution is -2.14. The van der Waals surface area contributed by atoms with E-state index in [-0.39, 0.29) is 0 Å². The lowest BCUT2D eigenvalue weighted by atomic mass is 9.67. The first-order valence-corrected chi connectivity index (χ1v) is 19.8. The summed E-state index contributed by atoms with van der Waals surface area (Å²) in [6.45, 7) is 4.11. The zero-order chi connectivity index (χ0) is 38.9. The molecule has 0 atom stereocenters. The third-order valence-electron chi connectivity index (χ3n) is 11.7. The Balaban J connectivity index is 0.972. The first kappa shape index (κ1) is 33.9. The van der Waals surface area contributed by atoms with Gasteiger partial charge >= 0.3 is 0 Å². The average molecular weight is 744 g/mol. The Labute approximate surface area is 337 Å². The molecule has 0 saturated carbocycles. The van der Waals surface area contributed by atoms with Gasteiger partial charge in [0.2, 0.25) is 11.4 Å². The standard InChI is InChI=1S/C52H38BN5/c1-3-14-49-51(54)39-19-10-13-22-47(39)58(49)50-28-25-43-52(55-50)36(4-2)42(53-43)29-30-56-44-20-11-8-17-37(44)40-31-33(23-26-45(40)56)34-24-27-48-41(32-34)38-18-9-12-21-46(38)57(48)35-15-6-5-7-16-35/h3-32H,54H2,1-2H3/q+1/b14-3-,36-4+,42-29+,56-30?. The van der Waals surface area contributed by atoms with Crippen LogP contribution >= 0.6 is 0 Å². The fourth-order valence-corrected chi connectivity index (χ4v) is 9.10. The number of pyridine rings is 1. The Morgan fingerprint density at radius 2 is 1.31 bits per heavy atom. The van der Waals surface area contributed by atoms with Gasteiger partial charge in [0.1, 0.15) is 5.82 Å². The predicted molar refractivity (Wildman–Crippen MR) is 246 cm³/mol. The minimum Gasteiger partial charge on any atom is -0.396 e. The van der Waals surface area contributed by atoms with Crippen LogP contribution in [0.15, 0.2) is 175 Å². The minimum atomic E-state index is 0.760. The molecule has 5 nitrogen and oxygen atoms in total. The third kappa shape index (κ3) is 5.11. The maximum atomic E-state index is 6.68. The number of fused-ring (bicyclic) bond motifs is 8. The largest absolute Gasteiger partial charge is 0.396 e. The molecule has 2 aliphatic heterocycles. The van der Waals surface area contributed by atoms with E-state index in [1.165, 1.54) is 55.4 Å². The van der Waals surface area contributed by atoms with Gasteiger partial charge in [-0.3, -0.25) is 4.57 Å². The first-order chi connectivity index (χ1) is 28.6. The first-order valence-electron chi connectivity index (χ1n) is 19.8. The topological polar surface area (TPSA) is 51.8 Å². The molecule has 0 fully saturated rings. The molecular weight excluding hydrogens is 705 g/mol. The quantitative estimate of drug-likeness (QED) is 0.141. The Morgan fingerprint density at radius 1 is 0.621 bits per heavy atom. The minimum absolute atomic E-state index is 0.760. The van der Waals surface area contributed by atoms with Crippen LogP contribution in [0.5, 0.6) is 0 Å². The summed E-state index contributed by atoms with van der Waals surface area (Å²) >= 11 is 0. The van der Waals surface area contributed by atoms with Crippen LogP contribution in [0.3, 0.4) is 0 Å². The van der Waals surface area contributed by atoms with Crippen molar-refractivity contribution >= 4 is 80.4 Å². The molecule has 0 unspecified atom stereocenters. The molecule has 2 N–H and O–H groups in total. The highest BCUT2D eigenvalue weighted by Crippen LogP contribution is 2.46. The average Bonchev–Trinajstić information content (AvgIpc) is 3.98. The summed E-state index contributed by atoms with van der Waals surface area (Å²) in [5.41, 5.74) is 24.5. The third-order valence-corrected chi connectivity index (χ3v) is 11.7. The summed E-state index contributed by atoms with van der Waals surface area (Å²) in [5, 5.41) is 3.53. The highest BCUT2D eigenvalue weighted by Gasteiger charge is 2.32. The molecule has 9 aromatic rings. The molecule has 0 saturated heterocycles. The van der Waals surface area contributed by atoms with Crippen molar-refractivity contribution in [2.45, 2.75) is 13.8 Å². The van der Waals surface area contributed by atoms with E-state index in [2.05, 4.69) is 192 Å². The van der Waals surface area contributed by atoms with E-state index in [9.17, 15) is 0 Å². The molecule has 58 heavy (non-hydrogen) atoms. The van der Waals surface area contributed by atoms with Crippen molar-refractivity contribution in [3.05, 3.63) is 187 Å². The smallest absolute Gasteiger partial charge is 0.219 e. The van der Waals surface area contributed by atoms with Crippen LogP contribution in [0.4, 0.5) is 17.1 Å². The van der Waals surface area contributed by atoms with Gasteiger partial charge in [0.15, 0.2) is 13.5 Å². The van der Waals surface area contributed by atoms with Crippen molar-refractivity contribution in [1.82, 2.24) is 18.7 Å². The van der Waals surface area contributed by atoms with E-state index in [0.29, 0.717) is 0 Å². The maximum Gasteiger partial charge on any atom is 0.219 e. The number of nitrogens with two attached hydrogens (primary N) is 1. The molecule has 5 heterocycles. The maximum absolute atomic E-state index is 6.68. The zero-order valence-corrected chi connectivity index (χ0v) is 32.3. The molecule has 6 heteroatoms. The number of rotatable bonds is 5. The summed E-state index contributed by atoms with van der Waals surface area (Å²) in [6.07, 6.45) is 10.7. The number of nitrogens with zero attached hydrogens (tertiary/aromatic N) is 4. The van der Waals surface area contributed by atoms with Crippen molar-refractivity contribution in [1.29, 1.82) is 0 Å². The number of anilines is 1. The molecule has 0 bridgehead atoms. The van der Waals surface area contributed by atoms with Crippen molar-refractivity contribution in [3.63, 3.8) is 0 Å². The van der Waals surface area contributed by atoms with E-state index in [1.807, 2.05) is 25.1 Å². The van der Waals surface area contributed by atoms with Crippen LogP contribution in [0.2, 0.25) is 0 Å². The van der Waals surface area contributed by atoms with Gasteiger partial charge in [0.25, 0.3) is 0 Å². The number of hydrogen-bond donors (Lipinski definition) is 1. The second kappa shape index (κ2) is 13.4. The van der Waals surface area contributed by atoms with Gasteiger partial charge in [-0.15, -0.1) is 0 Å². The van der Waals surface area contributed by atoms with Crippen molar-refractivity contribution in [2.24, 2.45) is 0 Å². The van der Waals surface area contributed by atoms with Gasteiger partial charge in [0, 0.05) is 34.0 Å². The Morgan fingerprint density at radius 3 is 2.14 bits per heavy atom. The van der Waals surface area contributed by atoms with E-state index in [1.54, 1.807) is 0 Å². The second-order valence-corrected chi connectivity index (χ2v) is 14.9. The van der Waals surface area contributed by atoms with Crippen LogP contribution < -0.4 is 15.8 Å². The molecule has 3 aromatic heterocycles. The summed E-state index contributed by atoms with van der Waals surface area (Å²) < 4.78 is 6.85. The van der Waals surface area contributed by atoms with Crippen LogP contribution in [0, 0.1) is 0 Å². The molecule has 273 valence electrons. The molecular formula is C52H38BN5+. The molecule has 2 aliphatic rings. The van der Waals surface area contributed by atoms with Crippen molar-refractivity contribution in [3.8, 4) is 33.8 Å². The fourth-order valence-electron chi connectivity index (χ4n) is 9.10. The lowest BCUT2D eigenvalue weighted by Gasteiger charge is -2.11. The van der Waals surface area contributed by atoms with Crippen LogP contribution in [0.1, 0.15) is 25.2 Å². The summed E-state index contributed by atoms with van der Waals surface area (Å²) in [7, 11) is 2.24. The van der Waals surface area contributed by atoms with Gasteiger partial charge in [-0.2, -0.15) is 4.58 Å². The number of para-hydroxylation sites is 4. The van der Waals surface area contributed by atoms with Crippen LogP contribution in [-0.4, -0.2) is 27.6 Å². The Hall–Kier alpha value is -7.44. The van der Waals surface area contributed by atoms with Gasteiger partial charge in [-0.05, 0) is 103 Å². The number of benzene rings is 6. The zero-order valence-electron chi connectivity index (χ0n) is 32.3. The monoisotopic (exact) mass is 743 g/mol. The summed E-state index contributed by atoms with van der Waals surface area (Å²) in [4.78, 5) is 5.28. The molecule has 0 spiro atoms. The highest BCUT2D eigenvalue weighted by atomic mass is 15.1. The van der Waals surface area contributed by atoms with E-state index >= 15 is 0 Å². The Bertz CT molecular complexity index is 3280. The van der Waals surface area contributed by atoms with Crippen LogP contribution in [0.25, 0.3) is 78.1 Å². The van der Waals surface area contributed by atoms with Gasteiger partial charge in [0.05, 0.1) is 44.8 Å². The molecule has 0 aliphatic carbocycles. The number of hydrogen-bond acceptors (Lipinski definition) is 2. The van der Waals surface area contributed by atoms with Gasteiger partial charge in [-0.1, -0.05) is 102 Å². The predicted octanol–water partition coefficient (Wildman–Crippen LogP) is 11.6. The highest BCUT2D eigenvalue weighted by molar-refractivity contribution is 6.69. The van der Waals surface area contributed by atoms with Crippen LogP contribution in [-0.2, 0) is 0 Å². The lowest BCUT2D eigenvalue weighted by molar-refractivity contribution is 1.03. The van der Waals surface area contributed by atoms with E-state index in [0.717, 1.165) is 56.0 Å². The SMILES string of the molecule is C/C=C\c1c(N)c2ccccc2n1-c1ccc2c(n1)C(=C/C)/C(=C\C=[N+]1c3ccccc3-c3cc(-c4ccc5c(c4)c4ccccc4n5-c4ccccc4)ccc31)[B]2. The number of aromatic nitrogens is 3.